The largest absolute Gasteiger partial charge is 0.482 e. The molecule has 9 heteroatoms. The number of hydrogen-bond acceptors (Lipinski definition) is 4. The summed E-state index contributed by atoms with van der Waals surface area (Å²) in [6, 6.07) is 16.4. The fourth-order valence-corrected chi connectivity index (χ4v) is 4.87. The van der Waals surface area contributed by atoms with Gasteiger partial charge in [-0.3, -0.25) is 0 Å². The smallest absolute Gasteiger partial charge is 0.416 e. The summed E-state index contributed by atoms with van der Waals surface area (Å²) in [5.41, 5.74) is 3.35. The highest BCUT2D eigenvalue weighted by Gasteiger charge is 2.30. The Morgan fingerprint density at radius 1 is 1.14 bits per heavy atom. The van der Waals surface area contributed by atoms with Crippen molar-refractivity contribution in [2.24, 2.45) is 0 Å². The molecule has 0 spiro atoms. The maximum absolute atomic E-state index is 12.9. The van der Waals surface area contributed by atoms with Crippen LogP contribution < -0.4 is 4.74 Å². The normalized spacial score (nSPS) is 12.6. The molecule has 0 amide bonds. The molecule has 1 aromatic heterocycles. The molecule has 1 atom stereocenters. The van der Waals surface area contributed by atoms with Crippen molar-refractivity contribution in [1.29, 1.82) is 0 Å². The van der Waals surface area contributed by atoms with Gasteiger partial charge in [-0.15, -0.1) is 11.8 Å². The molecule has 0 aliphatic heterocycles. The van der Waals surface area contributed by atoms with Crippen LogP contribution in [0.3, 0.4) is 0 Å². The first-order valence-electron chi connectivity index (χ1n) is 11.0. The third kappa shape index (κ3) is 5.62. The standard InChI is InChI=1S/C26H23F3N2O3S/c1-3-16-13-19(11-12-22(16)34-14-23(32)33)35-15(2)20-5-4-6-21-24(20)31-25(30-21)17-7-9-18(10-8-17)26(27,28)29/h4-13,15H,3,14H2,1-2H3,(H,30,31)(H,32,33). The van der Waals surface area contributed by atoms with Crippen LogP contribution in [-0.2, 0) is 17.4 Å². The number of carbonyl (C=O) groups is 1. The third-order valence-corrected chi connectivity index (χ3v) is 6.68. The van der Waals surface area contributed by atoms with Gasteiger partial charge in [-0.2, -0.15) is 13.2 Å². The van der Waals surface area contributed by atoms with Crippen LogP contribution in [0.2, 0.25) is 0 Å². The molecule has 4 rings (SSSR count). The minimum Gasteiger partial charge on any atom is -0.482 e. The Balaban J connectivity index is 1.58. The van der Waals surface area contributed by atoms with Gasteiger partial charge in [-0.05, 0) is 60.9 Å². The van der Waals surface area contributed by atoms with Crippen molar-refractivity contribution >= 4 is 28.8 Å². The predicted octanol–water partition coefficient (Wildman–Crippen LogP) is 7.13. The van der Waals surface area contributed by atoms with Crippen molar-refractivity contribution in [3.05, 3.63) is 77.4 Å². The summed E-state index contributed by atoms with van der Waals surface area (Å²) in [5.74, 6) is 0.0379. The van der Waals surface area contributed by atoms with Crippen molar-refractivity contribution in [3.63, 3.8) is 0 Å². The number of aryl methyl sites for hydroxylation is 1. The Kier molecular flexibility index (Phi) is 7.07. The molecule has 182 valence electrons. The minimum absolute atomic E-state index is 0.0259. The van der Waals surface area contributed by atoms with Gasteiger partial charge in [-0.25, -0.2) is 9.78 Å². The molecule has 35 heavy (non-hydrogen) atoms. The number of halogens is 3. The first kappa shape index (κ1) is 24.7. The lowest BCUT2D eigenvalue weighted by molar-refractivity contribution is -0.139. The van der Waals surface area contributed by atoms with Gasteiger partial charge in [0.05, 0.1) is 16.6 Å². The minimum atomic E-state index is -4.38. The van der Waals surface area contributed by atoms with Gasteiger partial charge in [0.1, 0.15) is 11.6 Å². The highest BCUT2D eigenvalue weighted by molar-refractivity contribution is 7.99. The number of aromatic amines is 1. The van der Waals surface area contributed by atoms with E-state index in [2.05, 4.69) is 11.9 Å². The van der Waals surface area contributed by atoms with Gasteiger partial charge < -0.3 is 14.8 Å². The zero-order chi connectivity index (χ0) is 25.2. The molecule has 0 bridgehead atoms. The Hall–Kier alpha value is -3.46. The Morgan fingerprint density at radius 3 is 2.54 bits per heavy atom. The van der Waals surface area contributed by atoms with Crippen LogP contribution in [0.15, 0.2) is 65.6 Å². The van der Waals surface area contributed by atoms with Gasteiger partial charge in [0.15, 0.2) is 6.61 Å². The fraction of sp³-hybridized carbons (Fsp3) is 0.231. The number of carboxylic acid groups (broad SMARTS) is 1. The molecular weight excluding hydrogens is 477 g/mol. The van der Waals surface area contributed by atoms with E-state index >= 15 is 0 Å². The highest BCUT2D eigenvalue weighted by atomic mass is 32.2. The lowest BCUT2D eigenvalue weighted by atomic mass is 10.1. The van der Waals surface area contributed by atoms with E-state index < -0.39 is 24.3 Å². The van der Waals surface area contributed by atoms with E-state index in [1.165, 1.54) is 12.1 Å². The number of carboxylic acids is 1. The number of ether oxygens (including phenoxy) is 1. The molecule has 1 unspecified atom stereocenters. The third-order valence-electron chi connectivity index (χ3n) is 5.54. The van der Waals surface area contributed by atoms with Crippen LogP contribution in [-0.4, -0.2) is 27.7 Å². The molecule has 4 aromatic rings. The maximum Gasteiger partial charge on any atom is 0.416 e. The summed E-state index contributed by atoms with van der Waals surface area (Å²) in [5, 5.41) is 8.89. The molecule has 1 heterocycles. The maximum atomic E-state index is 12.9. The topological polar surface area (TPSA) is 75.2 Å². The molecule has 0 saturated carbocycles. The average Bonchev–Trinajstić information content (AvgIpc) is 3.27. The Bertz CT molecular complexity index is 1350. The molecule has 0 aliphatic carbocycles. The van der Waals surface area contributed by atoms with E-state index in [4.69, 9.17) is 14.8 Å². The second-order valence-corrected chi connectivity index (χ2v) is 9.38. The first-order chi connectivity index (χ1) is 16.7. The quantitative estimate of drug-likeness (QED) is 0.252. The molecule has 0 saturated heterocycles. The number of aromatic nitrogens is 2. The van der Waals surface area contributed by atoms with Crippen molar-refractivity contribution in [1.82, 2.24) is 9.97 Å². The van der Waals surface area contributed by atoms with Gasteiger partial charge in [0, 0.05) is 15.7 Å². The summed E-state index contributed by atoms with van der Waals surface area (Å²) >= 11 is 1.63. The van der Waals surface area contributed by atoms with E-state index in [1.807, 2.05) is 37.3 Å². The van der Waals surface area contributed by atoms with Crippen LogP contribution in [0.4, 0.5) is 13.2 Å². The lowest BCUT2D eigenvalue weighted by Crippen LogP contribution is -2.10. The number of benzene rings is 3. The average molecular weight is 501 g/mol. The Morgan fingerprint density at radius 2 is 1.89 bits per heavy atom. The summed E-state index contributed by atoms with van der Waals surface area (Å²) < 4.78 is 44.1. The van der Waals surface area contributed by atoms with Crippen LogP contribution in [0.25, 0.3) is 22.4 Å². The summed E-state index contributed by atoms with van der Waals surface area (Å²) in [7, 11) is 0. The van der Waals surface area contributed by atoms with Gasteiger partial charge in [0.2, 0.25) is 0 Å². The number of H-pyrrole nitrogens is 1. The molecule has 0 radical (unpaired) electrons. The van der Waals surface area contributed by atoms with Crippen LogP contribution in [0, 0.1) is 0 Å². The Labute approximate surface area is 204 Å². The molecule has 5 nitrogen and oxygen atoms in total. The van der Waals surface area contributed by atoms with Crippen molar-refractivity contribution in [2.45, 2.75) is 36.6 Å². The monoisotopic (exact) mass is 500 g/mol. The van der Waals surface area contributed by atoms with Crippen LogP contribution in [0.1, 0.15) is 35.8 Å². The lowest BCUT2D eigenvalue weighted by Gasteiger charge is -2.15. The highest BCUT2D eigenvalue weighted by Crippen LogP contribution is 2.39. The number of aliphatic carboxylic acids is 1. The van der Waals surface area contributed by atoms with E-state index in [9.17, 15) is 18.0 Å². The van der Waals surface area contributed by atoms with E-state index in [0.29, 0.717) is 23.6 Å². The fourth-order valence-electron chi connectivity index (χ4n) is 3.79. The first-order valence-corrected chi connectivity index (χ1v) is 11.8. The van der Waals surface area contributed by atoms with E-state index in [-0.39, 0.29) is 5.25 Å². The molecule has 0 aliphatic rings. The number of nitrogens with zero attached hydrogens (tertiary/aromatic N) is 1. The zero-order valence-corrected chi connectivity index (χ0v) is 19.8. The van der Waals surface area contributed by atoms with E-state index in [0.717, 1.165) is 39.2 Å². The van der Waals surface area contributed by atoms with Crippen molar-refractivity contribution < 1.29 is 27.8 Å². The number of para-hydroxylation sites is 1. The second kappa shape index (κ2) is 10.0. The molecule has 2 N–H and O–H groups in total. The molecule has 0 fully saturated rings. The predicted molar refractivity (Wildman–Crippen MR) is 130 cm³/mol. The number of alkyl halides is 3. The van der Waals surface area contributed by atoms with Crippen molar-refractivity contribution in [2.75, 3.05) is 6.61 Å². The number of imidazole rings is 1. The van der Waals surface area contributed by atoms with Crippen molar-refractivity contribution in [3.8, 4) is 17.1 Å². The molecular formula is C26H23F3N2O3S. The van der Waals surface area contributed by atoms with E-state index in [1.54, 1.807) is 17.8 Å². The van der Waals surface area contributed by atoms with Crippen LogP contribution >= 0.6 is 11.8 Å². The number of thioether (sulfide) groups is 1. The van der Waals surface area contributed by atoms with Gasteiger partial charge in [0.25, 0.3) is 0 Å². The van der Waals surface area contributed by atoms with Crippen LogP contribution in [0.5, 0.6) is 5.75 Å². The second-order valence-electron chi connectivity index (χ2n) is 7.97. The van der Waals surface area contributed by atoms with Gasteiger partial charge in [-0.1, -0.05) is 31.2 Å². The summed E-state index contributed by atoms with van der Waals surface area (Å²) in [6.45, 7) is 3.65. The summed E-state index contributed by atoms with van der Waals surface area (Å²) in [6.07, 6.45) is -3.69. The number of hydrogen-bond donors (Lipinski definition) is 2. The molecule has 3 aromatic carbocycles. The number of rotatable bonds is 8. The van der Waals surface area contributed by atoms with Gasteiger partial charge >= 0.3 is 12.1 Å². The number of nitrogens with one attached hydrogen (secondary N) is 1. The zero-order valence-electron chi connectivity index (χ0n) is 19.0. The summed E-state index contributed by atoms with van der Waals surface area (Å²) in [4.78, 5) is 19.7. The SMILES string of the molecule is CCc1cc(SC(C)c2cccc3[nH]c(-c4ccc(C(F)(F)F)cc4)nc23)ccc1OCC(=O)O. The number of fused-ring (bicyclic) bond motifs is 1.